The second kappa shape index (κ2) is 7.13. The number of thiophene rings is 1. The smallest absolute Gasteiger partial charge is 0.226 e. The van der Waals surface area contributed by atoms with Crippen molar-refractivity contribution in [1.82, 2.24) is 15.3 Å². The summed E-state index contributed by atoms with van der Waals surface area (Å²) in [6.07, 6.45) is 3.80. The van der Waals surface area contributed by atoms with Crippen molar-refractivity contribution in [2.75, 3.05) is 0 Å². The van der Waals surface area contributed by atoms with Gasteiger partial charge in [0.05, 0.1) is 22.4 Å². The minimum absolute atomic E-state index is 0.0208. The lowest BCUT2D eigenvalue weighted by molar-refractivity contribution is -0.120. The first-order valence-corrected chi connectivity index (χ1v) is 9.05. The summed E-state index contributed by atoms with van der Waals surface area (Å²) >= 11 is 6.56. The van der Waals surface area contributed by atoms with Gasteiger partial charge in [-0.1, -0.05) is 0 Å². The summed E-state index contributed by atoms with van der Waals surface area (Å²) in [6.45, 7) is 0.550. The molecule has 112 valence electrons. The Labute approximate surface area is 144 Å². The van der Waals surface area contributed by atoms with Gasteiger partial charge in [0, 0.05) is 28.2 Å². The van der Waals surface area contributed by atoms with Crippen molar-refractivity contribution in [3.63, 3.8) is 0 Å². The summed E-state index contributed by atoms with van der Waals surface area (Å²) in [5.41, 5.74) is 1.76. The minimum Gasteiger partial charge on any atom is -0.351 e. The maximum Gasteiger partial charge on any atom is 0.226 e. The lowest BCUT2D eigenvalue weighted by Gasteiger charge is -2.01. The van der Waals surface area contributed by atoms with Crippen molar-refractivity contribution < 1.29 is 4.79 Å². The summed E-state index contributed by atoms with van der Waals surface area (Å²) < 4.78 is 1.07. The van der Waals surface area contributed by atoms with Crippen LogP contribution in [0.3, 0.4) is 0 Å². The van der Waals surface area contributed by atoms with E-state index in [4.69, 9.17) is 0 Å². The van der Waals surface area contributed by atoms with Gasteiger partial charge in [0.25, 0.3) is 0 Å². The topological polar surface area (TPSA) is 54.9 Å². The second-order valence-electron chi connectivity index (χ2n) is 4.55. The van der Waals surface area contributed by atoms with E-state index in [1.165, 1.54) is 11.3 Å². The van der Waals surface area contributed by atoms with E-state index < -0.39 is 0 Å². The molecule has 3 heterocycles. The highest BCUT2D eigenvalue weighted by Crippen LogP contribution is 2.23. The first kappa shape index (κ1) is 15.3. The molecule has 0 aromatic carbocycles. The number of nitrogens with zero attached hydrogens (tertiary/aromatic N) is 2. The molecular formula is C15H12BrN3OS2. The maximum absolute atomic E-state index is 12.0. The Morgan fingerprint density at radius 1 is 1.32 bits per heavy atom. The van der Waals surface area contributed by atoms with E-state index in [0.29, 0.717) is 13.0 Å². The third-order valence-corrected chi connectivity index (χ3v) is 5.45. The number of carbonyl (C=O) groups excluding carboxylic acids is 1. The molecule has 1 N–H and O–H groups in total. The maximum atomic E-state index is 12.0. The van der Waals surface area contributed by atoms with Crippen molar-refractivity contribution in [3.8, 4) is 10.6 Å². The summed E-state index contributed by atoms with van der Waals surface area (Å²) in [4.78, 5) is 21.7. The van der Waals surface area contributed by atoms with Gasteiger partial charge in [-0.05, 0) is 40.2 Å². The summed E-state index contributed by atoms with van der Waals surface area (Å²) in [5, 5.41) is 5.72. The van der Waals surface area contributed by atoms with Gasteiger partial charge in [0.1, 0.15) is 5.01 Å². The number of halogens is 1. The highest BCUT2D eigenvalue weighted by molar-refractivity contribution is 9.11. The average molecular weight is 394 g/mol. The van der Waals surface area contributed by atoms with Gasteiger partial charge < -0.3 is 5.32 Å². The predicted molar refractivity (Wildman–Crippen MR) is 92.9 cm³/mol. The number of carbonyl (C=O) groups is 1. The van der Waals surface area contributed by atoms with E-state index in [1.807, 2.05) is 29.6 Å². The molecular weight excluding hydrogens is 382 g/mol. The molecule has 0 bridgehead atoms. The highest BCUT2D eigenvalue weighted by Gasteiger charge is 2.09. The van der Waals surface area contributed by atoms with E-state index in [1.54, 1.807) is 23.7 Å². The number of hydrogen-bond donors (Lipinski definition) is 1. The van der Waals surface area contributed by atoms with Crippen molar-refractivity contribution >= 4 is 44.5 Å². The molecule has 0 atom stereocenters. The zero-order valence-corrected chi connectivity index (χ0v) is 14.7. The van der Waals surface area contributed by atoms with Crippen molar-refractivity contribution in [1.29, 1.82) is 0 Å². The Bertz CT molecular complexity index is 770. The van der Waals surface area contributed by atoms with Crippen LogP contribution < -0.4 is 5.32 Å². The number of aromatic nitrogens is 2. The SMILES string of the molecule is O=C(Cc1csc(-c2cccnc2)n1)NCc1ccc(Br)s1. The first-order valence-electron chi connectivity index (χ1n) is 6.56. The molecule has 0 fully saturated rings. The number of rotatable bonds is 5. The van der Waals surface area contributed by atoms with Crippen LogP contribution in [0, 0.1) is 0 Å². The van der Waals surface area contributed by atoms with E-state index in [2.05, 4.69) is 31.2 Å². The van der Waals surface area contributed by atoms with Crippen LogP contribution in [0.4, 0.5) is 0 Å². The van der Waals surface area contributed by atoms with Gasteiger partial charge >= 0.3 is 0 Å². The standard InChI is InChI=1S/C15H12BrN3OS2/c16-13-4-3-12(22-13)8-18-14(20)6-11-9-21-15(19-11)10-2-1-5-17-7-10/h1-5,7,9H,6,8H2,(H,18,20). The molecule has 3 aromatic rings. The molecule has 1 amide bonds. The van der Waals surface area contributed by atoms with Gasteiger partial charge in [0.15, 0.2) is 0 Å². The molecule has 0 aliphatic heterocycles. The zero-order valence-electron chi connectivity index (χ0n) is 11.5. The van der Waals surface area contributed by atoms with Crippen molar-refractivity contribution in [3.05, 3.63) is 56.4 Å². The second-order valence-corrected chi connectivity index (χ2v) is 7.95. The zero-order chi connectivity index (χ0) is 15.4. The lowest BCUT2D eigenvalue weighted by Crippen LogP contribution is -2.24. The van der Waals surface area contributed by atoms with Gasteiger partial charge in [0.2, 0.25) is 5.91 Å². The van der Waals surface area contributed by atoms with Crippen molar-refractivity contribution in [2.24, 2.45) is 0 Å². The summed E-state index contributed by atoms with van der Waals surface area (Å²) in [7, 11) is 0. The summed E-state index contributed by atoms with van der Waals surface area (Å²) in [6, 6.07) is 7.82. The Morgan fingerprint density at radius 3 is 2.95 bits per heavy atom. The predicted octanol–water partition coefficient (Wildman–Crippen LogP) is 3.89. The van der Waals surface area contributed by atoms with E-state index in [9.17, 15) is 4.79 Å². The molecule has 0 aliphatic rings. The van der Waals surface area contributed by atoms with Gasteiger partial charge in [-0.25, -0.2) is 4.98 Å². The number of hydrogen-bond acceptors (Lipinski definition) is 5. The Balaban J connectivity index is 1.57. The quantitative estimate of drug-likeness (QED) is 0.715. The first-order chi connectivity index (χ1) is 10.7. The fourth-order valence-corrected chi connectivity index (χ4v) is 4.10. The number of nitrogens with one attached hydrogen (secondary N) is 1. The normalized spacial score (nSPS) is 10.6. The molecule has 0 saturated heterocycles. The molecule has 3 aromatic heterocycles. The molecule has 3 rings (SSSR count). The van der Waals surface area contributed by atoms with E-state index in [-0.39, 0.29) is 5.91 Å². The number of pyridine rings is 1. The van der Waals surface area contributed by atoms with E-state index in [0.717, 1.165) is 24.9 Å². The molecule has 22 heavy (non-hydrogen) atoms. The Kier molecular flexibility index (Phi) is 4.97. The Hall–Kier alpha value is -1.57. The molecule has 4 nitrogen and oxygen atoms in total. The molecule has 0 saturated carbocycles. The third kappa shape index (κ3) is 4.00. The largest absolute Gasteiger partial charge is 0.351 e. The van der Waals surface area contributed by atoms with Crippen LogP contribution in [0.15, 0.2) is 45.8 Å². The van der Waals surface area contributed by atoms with Gasteiger partial charge in [-0.3, -0.25) is 9.78 Å². The van der Waals surface area contributed by atoms with Gasteiger partial charge in [-0.15, -0.1) is 22.7 Å². The van der Waals surface area contributed by atoms with Crippen LogP contribution in [-0.4, -0.2) is 15.9 Å². The average Bonchev–Trinajstić information content (AvgIpc) is 3.15. The number of thiazole rings is 1. The molecule has 0 spiro atoms. The molecule has 0 aliphatic carbocycles. The minimum atomic E-state index is -0.0208. The van der Waals surface area contributed by atoms with Crippen LogP contribution in [0.25, 0.3) is 10.6 Å². The summed E-state index contributed by atoms with van der Waals surface area (Å²) in [5.74, 6) is -0.0208. The van der Waals surface area contributed by atoms with Crippen LogP contribution in [0.2, 0.25) is 0 Å². The molecule has 0 radical (unpaired) electrons. The van der Waals surface area contributed by atoms with Crippen molar-refractivity contribution in [2.45, 2.75) is 13.0 Å². The number of amides is 1. The molecule has 7 heteroatoms. The van der Waals surface area contributed by atoms with Gasteiger partial charge in [-0.2, -0.15) is 0 Å². The van der Waals surface area contributed by atoms with Crippen LogP contribution in [0.1, 0.15) is 10.6 Å². The van der Waals surface area contributed by atoms with Crippen LogP contribution in [-0.2, 0) is 17.8 Å². The molecule has 0 unspecified atom stereocenters. The highest BCUT2D eigenvalue weighted by atomic mass is 79.9. The van der Waals surface area contributed by atoms with E-state index >= 15 is 0 Å². The fourth-order valence-electron chi connectivity index (χ4n) is 1.87. The lowest BCUT2D eigenvalue weighted by atomic mass is 10.3. The monoisotopic (exact) mass is 393 g/mol. The van der Waals surface area contributed by atoms with Crippen LogP contribution >= 0.6 is 38.6 Å². The third-order valence-electron chi connectivity index (χ3n) is 2.89. The fraction of sp³-hybridized carbons (Fsp3) is 0.133. The van der Waals surface area contributed by atoms with Crippen LogP contribution in [0.5, 0.6) is 0 Å². The Morgan fingerprint density at radius 2 is 2.23 bits per heavy atom.